The molecule has 0 radical (unpaired) electrons. The lowest BCUT2D eigenvalue weighted by molar-refractivity contribution is 0.0866. The lowest BCUT2D eigenvalue weighted by atomic mass is 9.98. The molecule has 8 nitrogen and oxygen atoms in total. The number of hydrogen-bond acceptors (Lipinski definition) is 7. The summed E-state index contributed by atoms with van der Waals surface area (Å²) in [5.74, 6) is 0. The zero-order chi connectivity index (χ0) is 30.1. The monoisotopic (exact) mass is 616 g/mol. The van der Waals surface area contributed by atoms with E-state index in [0.29, 0.717) is 27.7 Å². The van der Waals surface area contributed by atoms with Crippen LogP contribution in [0.4, 0.5) is 11.4 Å². The van der Waals surface area contributed by atoms with Gasteiger partial charge in [0.2, 0.25) is 0 Å². The van der Waals surface area contributed by atoms with Gasteiger partial charge >= 0.3 is 0 Å². The van der Waals surface area contributed by atoms with E-state index < -0.39 is 0 Å². The zero-order valence-electron chi connectivity index (χ0n) is 24.9. The van der Waals surface area contributed by atoms with Crippen molar-refractivity contribution in [3.05, 3.63) is 75.7 Å². The van der Waals surface area contributed by atoms with Crippen LogP contribution in [0.2, 0.25) is 10.0 Å². The first kappa shape index (κ1) is 29.7. The van der Waals surface area contributed by atoms with Crippen molar-refractivity contribution in [3.63, 3.8) is 0 Å². The normalized spacial score (nSPS) is 17.7. The van der Waals surface area contributed by atoms with Gasteiger partial charge < -0.3 is 10.6 Å². The van der Waals surface area contributed by atoms with Crippen molar-refractivity contribution in [1.29, 1.82) is 5.26 Å². The highest BCUT2D eigenvalue weighted by Crippen LogP contribution is 2.38. The van der Waals surface area contributed by atoms with E-state index in [-0.39, 0.29) is 11.6 Å². The fraction of sp³-hybridized carbons (Fsp3) is 0.455. The molecule has 4 aromatic rings. The molecule has 2 aromatic carbocycles. The Balaban J connectivity index is 1.35. The van der Waals surface area contributed by atoms with Gasteiger partial charge in [-0.15, -0.1) is 5.10 Å². The van der Waals surface area contributed by atoms with Gasteiger partial charge in [-0.25, -0.2) is 4.68 Å². The van der Waals surface area contributed by atoms with Crippen LogP contribution in [0.1, 0.15) is 88.2 Å². The van der Waals surface area contributed by atoms with Crippen molar-refractivity contribution in [2.24, 2.45) is 0 Å². The summed E-state index contributed by atoms with van der Waals surface area (Å²) in [6.07, 6.45) is 10.3. The van der Waals surface area contributed by atoms with Crippen LogP contribution in [0.25, 0.3) is 10.9 Å². The molecule has 224 valence electrons. The lowest BCUT2D eigenvalue weighted by Gasteiger charge is -2.40. The highest BCUT2D eigenvalue weighted by molar-refractivity contribution is 6.32. The second-order valence-electron chi connectivity index (χ2n) is 12.8. The van der Waals surface area contributed by atoms with E-state index in [2.05, 4.69) is 58.9 Å². The van der Waals surface area contributed by atoms with Gasteiger partial charge in [0, 0.05) is 46.3 Å². The van der Waals surface area contributed by atoms with Crippen molar-refractivity contribution in [1.82, 2.24) is 24.9 Å². The fourth-order valence-corrected chi connectivity index (χ4v) is 6.78. The third-order valence-corrected chi connectivity index (χ3v) is 9.34. The number of anilines is 2. The van der Waals surface area contributed by atoms with E-state index in [4.69, 9.17) is 28.2 Å². The Bertz CT molecular complexity index is 1620. The van der Waals surface area contributed by atoms with Crippen LogP contribution >= 0.6 is 23.2 Å². The Kier molecular flexibility index (Phi) is 8.50. The fourth-order valence-electron chi connectivity index (χ4n) is 6.43. The van der Waals surface area contributed by atoms with Crippen molar-refractivity contribution >= 4 is 45.5 Å². The maximum absolute atomic E-state index is 9.91. The molecule has 2 aromatic heterocycles. The second-order valence-corrected chi connectivity index (χ2v) is 13.6. The molecule has 1 aliphatic carbocycles. The Hall–Kier alpha value is -3.38. The van der Waals surface area contributed by atoms with E-state index in [1.54, 1.807) is 6.20 Å². The molecule has 0 amide bonds. The molecule has 6 rings (SSSR count). The lowest BCUT2D eigenvalue weighted by Crippen LogP contribution is -2.46. The summed E-state index contributed by atoms with van der Waals surface area (Å²) in [5, 5.41) is 28.6. The molecule has 2 N–H and O–H groups in total. The van der Waals surface area contributed by atoms with Gasteiger partial charge in [0.25, 0.3) is 0 Å². The average molecular weight is 618 g/mol. The molecule has 1 saturated carbocycles. The topological polar surface area (TPSA) is 94.7 Å². The minimum absolute atomic E-state index is 0.163. The maximum atomic E-state index is 9.91. The summed E-state index contributed by atoms with van der Waals surface area (Å²) in [5.41, 5.74) is 4.76. The Morgan fingerprint density at radius 3 is 2.40 bits per heavy atom. The van der Waals surface area contributed by atoms with Crippen molar-refractivity contribution in [2.45, 2.75) is 83.0 Å². The van der Waals surface area contributed by atoms with Gasteiger partial charge in [-0.3, -0.25) is 9.88 Å². The summed E-state index contributed by atoms with van der Waals surface area (Å²) in [6, 6.07) is 14.2. The predicted octanol–water partition coefficient (Wildman–Crippen LogP) is 8.00. The van der Waals surface area contributed by atoms with E-state index in [1.165, 1.54) is 12.8 Å². The number of nitriles is 1. The molecule has 2 aliphatic rings. The number of benzene rings is 2. The number of piperidine rings is 1. The number of nitrogens with one attached hydrogen (secondary N) is 2. The molecule has 1 aliphatic heterocycles. The maximum Gasteiger partial charge on any atom is 0.109 e. The molecule has 0 unspecified atom stereocenters. The van der Waals surface area contributed by atoms with Gasteiger partial charge in [-0.05, 0) is 76.3 Å². The molecule has 43 heavy (non-hydrogen) atoms. The van der Waals surface area contributed by atoms with Crippen LogP contribution in [0.5, 0.6) is 0 Å². The third kappa shape index (κ3) is 6.45. The smallest absolute Gasteiger partial charge is 0.109 e. The van der Waals surface area contributed by atoms with E-state index in [9.17, 15) is 5.26 Å². The van der Waals surface area contributed by atoms with Gasteiger partial charge in [0.05, 0.1) is 40.7 Å². The molecule has 0 spiro atoms. The molecule has 0 bridgehead atoms. The number of nitrogens with zero attached hydrogens (tertiary/aromatic N) is 6. The average Bonchev–Trinajstić information content (AvgIpc) is 3.69. The van der Waals surface area contributed by atoms with Crippen LogP contribution < -0.4 is 10.6 Å². The van der Waals surface area contributed by atoms with Gasteiger partial charge in [0.1, 0.15) is 11.8 Å². The Labute approximate surface area is 263 Å². The highest BCUT2D eigenvalue weighted by Gasteiger charge is 2.29. The van der Waals surface area contributed by atoms with Crippen LogP contribution in [0, 0.1) is 11.3 Å². The molecule has 2 fully saturated rings. The molecule has 1 atom stereocenters. The van der Waals surface area contributed by atoms with E-state index in [1.807, 2.05) is 41.1 Å². The summed E-state index contributed by atoms with van der Waals surface area (Å²) in [4.78, 5) is 7.27. The quantitative estimate of drug-likeness (QED) is 0.217. The molecule has 1 saturated heterocycles. The van der Waals surface area contributed by atoms with E-state index >= 15 is 0 Å². The minimum atomic E-state index is -0.328. The van der Waals surface area contributed by atoms with Gasteiger partial charge in [0.15, 0.2) is 0 Å². The van der Waals surface area contributed by atoms with Crippen LogP contribution in [0.3, 0.4) is 0 Å². The molecule has 10 heteroatoms. The summed E-state index contributed by atoms with van der Waals surface area (Å²) < 4.78 is 2.02. The SMILES string of the molecule is CC(C)(C)N1CCC(n2cc([C@@H](Nc3cc(Cl)cc4c(NC5CCCC5)c(C#N)cnc34)c3ccc(Cl)cc3)nn2)CC1. The first-order valence-corrected chi connectivity index (χ1v) is 15.9. The minimum Gasteiger partial charge on any atom is -0.381 e. The highest BCUT2D eigenvalue weighted by atomic mass is 35.5. The Morgan fingerprint density at radius 2 is 1.72 bits per heavy atom. The van der Waals surface area contributed by atoms with Gasteiger partial charge in [-0.2, -0.15) is 5.26 Å². The largest absolute Gasteiger partial charge is 0.381 e. The number of fused-ring (bicyclic) bond motifs is 1. The number of rotatable bonds is 7. The Morgan fingerprint density at radius 1 is 1.00 bits per heavy atom. The number of likely N-dealkylation sites (tertiary alicyclic amines) is 1. The number of hydrogen-bond donors (Lipinski definition) is 2. The summed E-state index contributed by atoms with van der Waals surface area (Å²) in [7, 11) is 0. The first-order valence-electron chi connectivity index (χ1n) is 15.2. The van der Waals surface area contributed by atoms with Gasteiger partial charge in [-0.1, -0.05) is 53.4 Å². The van der Waals surface area contributed by atoms with Crippen LogP contribution in [0.15, 0.2) is 48.8 Å². The number of halogens is 2. The predicted molar refractivity (Wildman–Crippen MR) is 174 cm³/mol. The van der Waals surface area contributed by atoms with Crippen LogP contribution in [-0.4, -0.2) is 49.5 Å². The van der Waals surface area contributed by atoms with E-state index in [0.717, 1.165) is 72.3 Å². The molecule has 3 heterocycles. The van der Waals surface area contributed by atoms with Crippen molar-refractivity contribution in [2.75, 3.05) is 23.7 Å². The third-order valence-electron chi connectivity index (χ3n) is 8.87. The van der Waals surface area contributed by atoms with Crippen molar-refractivity contribution in [3.8, 4) is 6.07 Å². The second kappa shape index (κ2) is 12.3. The summed E-state index contributed by atoms with van der Waals surface area (Å²) >= 11 is 13.0. The number of aromatic nitrogens is 4. The number of pyridine rings is 1. The molecular weight excluding hydrogens is 579 g/mol. The zero-order valence-corrected chi connectivity index (χ0v) is 26.5. The van der Waals surface area contributed by atoms with Crippen molar-refractivity contribution < 1.29 is 0 Å². The van der Waals surface area contributed by atoms with Crippen LogP contribution in [-0.2, 0) is 0 Å². The first-order chi connectivity index (χ1) is 20.7. The summed E-state index contributed by atoms with van der Waals surface area (Å²) in [6.45, 7) is 8.88. The standard InChI is InChI=1S/C33H38Cl2N8/c1-33(2,3)42-14-12-26(13-15-42)43-20-29(40-41-43)31(21-8-10-23(34)11-9-21)39-28-17-24(35)16-27-30(38-25-6-4-5-7-25)22(18-36)19-37-32(27)28/h8-11,16-17,19-20,25-26,31,39H,4-7,12-15H2,1-3H3,(H,37,38)/t31-/m0/s1. The molecular formula is C33H38Cl2N8.